The van der Waals surface area contributed by atoms with Crippen molar-refractivity contribution in [2.45, 2.75) is 35.1 Å². The van der Waals surface area contributed by atoms with Crippen molar-refractivity contribution in [3.8, 4) is 0 Å². The summed E-state index contributed by atoms with van der Waals surface area (Å²) in [5.41, 5.74) is 2.66. The zero-order valence-electron chi connectivity index (χ0n) is 13.4. The lowest BCUT2D eigenvalue weighted by atomic mass is 9.93. The van der Waals surface area contributed by atoms with Crippen molar-refractivity contribution in [2.75, 3.05) is 17.8 Å². The van der Waals surface area contributed by atoms with E-state index in [9.17, 15) is 16.8 Å². The molecule has 130 valence electrons. The molecule has 0 radical (unpaired) electrons. The van der Waals surface area contributed by atoms with Crippen LogP contribution in [0.4, 0.5) is 5.69 Å². The molecule has 0 aliphatic heterocycles. The number of rotatable bonds is 4. The van der Waals surface area contributed by atoms with Gasteiger partial charge in [-0.05, 0) is 43.0 Å². The Labute approximate surface area is 141 Å². The Balaban J connectivity index is 1.94. The molecule has 3 rings (SSSR count). The second-order valence-corrected chi connectivity index (χ2v) is 10.2. The lowest BCUT2D eigenvalue weighted by molar-refractivity contribution is 0.595. The molecule has 0 bridgehead atoms. The van der Waals surface area contributed by atoms with Crippen molar-refractivity contribution in [2.24, 2.45) is 0 Å². The quantitative estimate of drug-likeness (QED) is 0.838. The molecule has 2 aromatic rings. The summed E-state index contributed by atoms with van der Waals surface area (Å²) < 4.78 is 47.6. The lowest BCUT2D eigenvalue weighted by Gasteiger charge is -2.25. The molecule has 7 nitrogen and oxygen atoms in total. The average Bonchev–Trinajstić information content (AvgIpc) is 2.93. The van der Waals surface area contributed by atoms with Crippen LogP contribution in [0.25, 0.3) is 0 Å². The maximum absolute atomic E-state index is 12.1. The summed E-state index contributed by atoms with van der Waals surface area (Å²) in [4.78, 5) is -0.00217. The highest BCUT2D eigenvalue weighted by Gasteiger charge is 2.23. The zero-order chi connectivity index (χ0) is 17.5. The molecule has 1 atom stereocenters. The summed E-state index contributed by atoms with van der Waals surface area (Å²) in [5.74, 6) is 0. The number of sulfone groups is 2. The van der Waals surface area contributed by atoms with Crippen LogP contribution in [-0.2, 0) is 32.5 Å². The van der Waals surface area contributed by atoms with E-state index in [0.29, 0.717) is 5.69 Å². The minimum Gasteiger partial charge on any atom is -0.381 e. The molecule has 1 aliphatic carbocycles. The Morgan fingerprint density at radius 3 is 2.58 bits per heavy atom. The number of anilines is 1. The summed E-state index contributed by atoms with van der Waals surface area (Å²) in [5, 5.41) is 10.2. The highest BCUT2D eigenvalue weighted by Crippen LogP contribution is 2.28. The van der Waals surface area contributed by atoms with Crippen molar-refractivity contribution in [1.29, 1.82) is 0 Å². The maximum atomic E-state index is 12.1. The van der Waals surface area contributed by atoms with Crippen LogP contribution in [0.2, 0.25) is 0 Å². The van der Waals surface area contributed by atoms with Gasteiger partial charge in [-0.2, -0.15) is 5.10 Å². The highest BCUT2D eigenvalue weighted by atomic mass is 32.2. The number of fused-ring (bicyclic) bond motifs is 1. The van der Waals surface area contributed by atoms with Gasteiger partial charge in [0.05, 0.1) is 21.7 Å². The number of hydrogen-bond acceptors (Lipinski definition) is 6. The third kappa shape index (κ3) is 3.46. The normalized spacial score (nSPS) is 18.2. The number of hydrogen-bond donors (Lipinski definition) is 2. The fourth-order valence-electron chi connectivity index (χ4n) is 2.92. The van der Waals surface area contributed by atoms with Gasteiger partial charge in [0.25, 0.3) is 0 Å². The minimum atomic E-state index is -3.56. The van der Waals surface area contributed by atoms with Crippen molar-refractivity contribution in [3.63, 3.8) is 0 Å². The molecule has 0 fully saturated rings. The van der Waals surface area contributed by atoms with Crippen molar-refractivity contribution < 1.29 is 16.8 Å². The molecule has 1 aromatic carbocycles. The first-order valence-electron chi connectivity index (χ1n) is 7.46. The van der Waals surface area contributed by atoms with Gasteiger partial charge in [0.2, 0.25) is 0 Å². The first-order valence-corrected chi connectivity index (χ1v) is 11.2. The van der Waals surface area contributed by atoms with E-state index in [2.05, 4.69) is 15.5 Å². The third-order valence-corrected chi connectivity index (χ3v) is 6.40. The van der Waals surface area contributed by atoms with Gasteiger partial charge in [-0.1, -0.05) is 0 Å². The Kier molecular flexibility index (Phi) is 4.16. The van der Waals surface area contributed by atoms with Gasteiger partial charge in [-0.15, -0.1) is 0 Å². The molecule has 0 saturated carbocycles. The molecule has 9 heteroatoms. The Morgan fingerprint density at radius 1 is 1.17 bits per heavy atom. The van der Waals surface area contributed by atoms with Crippen LogP contribution >= 0.6 is 0 Å². The average molecular weight is 369 g/mol. The topological polar surface area (TPSA) is 109 Å². The molecular formula is C15H19N3O4S2. The van der Waals surface area contributed by atoms with E-state index < -0.39 is 19.7 Å². The van der Waals surface area contributed by atoms with Gasteiger partial charge in [-0.25, -0.2) is 16.8 Å². The Hall–Kier alpha value is -1.87. The van der Waals surface area contributed by atoms with Crippen molar-refractivity contribution in [1.82, 2.24) is 10.2 Å². The molecular weight excluding hydrogens is 350 g/mol. The minimum absolute atomic E-state index is 0.00316. The van der Waals surface area contributed by atoms with E-state index in [1.165, 1.54) is 18.2 Å². The van der Waals surface area contributed by atoms with Crippen molar-refractivity contribution in [3.05, 3.63) is 35.7 Å². The SMILES string of the molecule is CS(=O)(=O)c1ccc(NC2CCc3[nH]ncc3C2)c(S(C)(=O)=O)c1. The van der Waals surface area contributed by atoms with E-state index in [4.69, 9.17) is 0 Å². The van der Waals surface area contributed by atoms with Crippen LogP contribution in [0.5, 0.6) is 0 Å². The van der Waals surface area contributed by atoms with Crippen LogP contribution in [-0.4, -0.2) is 45.6 Å². The smallest absolute Gasteiger partial charge is 0.177 e. The predicted molar refractivity (Wildman–Crippen MR) is 90.7 cm³/mol. The first-order chi connectivity index (χ1) is 11.1. The highest BCUT2D eigenvalue weighted by molar-refractivity contribution is 7.91. The van der Waals surface area contributed by atoms with Crippen LogP contribution in [0.3, 0.4) is 0 Å². The predicted octanol–water partition coefficient (Wildman–Crippen LogP) is 1.19. The summed E-state index contributed by atoms with van der Waals surface area (Å²) >= 11 is 0. The van der Waals surface area contributed by atoms with Gasteiger partial charge in [0.1, 0.15) is 0 Å². The molecule has 0 saturated heterocycles. The fraction of sp³-hybridized carbons (Fsp3) is 0.400. The summed E-state index contributed by atoms with van der Waals surface area (Å²) in [6.45, 7) is 0. The third-order valence-electron chi connectivity index (χ3n) is 4.16. The molecule has 1 aromatic heterocycles. The Morgan fingerprint density at radius 2 is 1.92 bits per heavy atom. The first kappa shape index (κ1) is 17.0. The van der Waals surface area contributed by atoms with Crippen LogP contribution in [0, 0.1) is 0 Å². The number of nitrogens with one attached hydrogen (secondary N) is 2. The van der Waals surface area contributed by atoms with E-state index in [-0.39, 0.29) is 15.8 Å². The maximum Gasteiger partial charge on any atom is 0.177 e. The second-order valence-electron chi connectivity index (χ2n) is 6.16. The van der Waals surface area contributed by atoms with Gasteiger partial charge in [0.15, 0.2) is 19.7 Å². The second kappa shape index (κ2) is 5.89. The van der Waals surface area contributed by atoms with E-state index in [1.54, 1.807) is 6.20 Å². The van der Waals surface area contributed by atoms with Gasteiger partial charge in [-0.3, -0.25) is 5.10 Å². The number of nitrogens with zero attached hydrogens (tertiary/aromatic N) is 1. The van der Waals surface area contributed by atoms with Gasteiger partial charge in [0, 0.05) is 24.2 Å². The number of aryl methyl sites for hydroxylation is 1. The number of aromatic amines is 1. The van der Waals surface area contributed by atoms with E-state index >= 15 is 0 Å². The van der Waals surface area contributed by atoms with E-state index in [0.717, 1.165) is 43.0 Å². The van der Waals surface area contributed by atoms with Crippen LogP contribution in [0.15, 0.2) is 34.2 Å². The molecule has 1 aliphatic rings. The standard InChI is InChI=1S/C15H19N3O4S2/c1-23(19,20)12-4-6-14(15(8-12)24(2,21)22)17-11-3-5-13-10(7-11)9-16-18-13/h4,6,8-9,11,17H,3,5,7H2,1-2H3,(H,16,18). The van der Waals surface area contributed by atoms with E-state index in [1.807, 2.05) is 0 Å². The molecule has 1 unspecified atom stereocenters. The fourth-order valence-corrected chi connectivity index (χ4v) is 4.51. The van der Waals surface area contributed by atoms with Crippen LogP contribution < -0.4 is 5.32 Å². The van der Waals surface area contributed by atoms with Crippen LogP contribution in [0.1, 0.15) is 17.7 Å². The number of H-pyrrole nitrogens is 1. The molecule has 1 heterocycles. The summed E-state index contributed by atoms with van der Waals surface area (Å²) in [7, 11) is -7.03. The number of benzene rings is 1. The lowest BCUT2D eigenvalue weighted by Crippen LogP contribution is -2.27. The van der Waals surface area contributed by atoms with Gasteiger partial charge < -0.3 is 5.32 Å². The zero-order valence-corrected chi connectivity index (χ0v) is 15.0. The molecule has 2 N–H and O–H groups in total. The monoisotopic (exact) mass is 369 g/mol. The summed E-state index contributed by atoms with van der Waals surface area (Å²) in [6, 6.07) is 4.24. The number of aromatic nitrogens is 2. The van der Waals surface area contributed by atoms with Gasteiger partial charge >= 0.3 is 0 Å². The molecule has 0 spiro atoms. The molecule has 0 amide bonds. The summed E-state index contributed by atoms with van der Waals surface area (Å²) in [6.07, 6.45) is 6.34. The van der Waals surface area contributed by atoms with Crippen molar-refractivity contribution >= 4 is 25.4 Å². The largest absolute Gasteiger partial charge is 0.381 e. The molecule has 24 heavy (non-hydrogen) atoms. The Bertz CT molecular complexity index is 978.